The van der Waals surface area contributed by atoms with Gasteiger partial charge in [0, 0.05) is 13.6 Å². The van der Waals surface area contributed by atoms with Gasteiger partial charge in [0.1, 0.15) is 0 Å². The van der Waals surface area contributed by atoms with Crippen LogP contribution in [0.25, 0.3) is 0 Å². The Labute approximate surface area is 106 Å². The summed E-state index contributed by atoms with van der Waals surface area (Å²) in [7, 11) is 1.60. The average Bonchev–Trinajstić information content (AvgIpc) is 2.36. The number of benzene rings is 1. The van der Waals surface area contributed by atoms with Gasteiger partial charge in [0.25, 0.3) is 0 Å². The van der Waals surface area contributed by atoms with Gasteiger partial charge < -0.3 is 15.7 Å². The van der Waals surface area contributed by atoms with Crippen LogP contribution < -0.4 is 10.6 Å². The molecule has 1 aromatic rings. The molecule has 0 heterocycles. The van der Waals surface area contributed by atoms with Crippen molar-refractivity contribution < 1.29 is 14.7 Å². The van der Waals surface area contributed by atoms with Gasteiger partial charge in [0.05, 0.1) is 12.5 Å². The summed E-state index contributed by atoms with van der Waals surface area (Å²) < 4.78 is 0. The Morgan fingerprint density at radius 1 is 1.22 bits per heavy atom. The zero-order chi connectivity index (χ0) is 13.5. The normalized spacial score (nSPS) is 11.9. The summed E-state index contributed by atoms with van der Waals surface area (Å²) in [4.78, 5) is 21.8. The Bertz CT molecular complexity index is 415. The molecule has 1 amide bonds. The number of hydrogen-bond acceptors (Lipinski definition) is 3. The first-order chi connectivity index (χ1) is 8.52. The molecule has 0 fully saturated rings. The van der Waals surface area contributed by atoms with Crippen molar-refractivity contribution >= 4 is 11.9 Å². The van der Waals surface area contributed by atoms with Crippen LogP contribution in [-0.4, -0.2) is 30.1 Å². The zero-order valence-electron chi connectivity index (χ0n) is 10.6. The van der Waals surface area contributed by atoms with Gasteiger partial charge in [-0.25, -0.2) is 0 Å². The molecule has 0 aliphatic carbocycles. The molecule has 1 aromatic carbocycles. The summed E-state index contributed by atoms with van der Waals surface area (Å²) in [5.41, 5.74) is 1.78. The molecule has 0 aromatic heterocycles. The summed E-state index contributed by atoms with van der Waals surface area (Å²) in [6.45, 7) is 2.36. The first kappa shape index (κ1) is 14.2. The largest absolute Gasteiger partial charge is 0.481 e. The molecule has 3 N–H and O–H groups in total. The molecule has 0 bridgehead atoms. The van der Waals surface area contributed by atoms with E-state index < -0.39 is 5.97 Å². The van der Waals surface area contributed by atoms with Gasteiger partial charge in [-0.3, -0.25) is 9.59 Å². The van der Waals surface area contributed by atoms with Gasteiger partial charge in [-0.15, -0.1) is 0 Å². The van der Waals surface area contributed by atoms with E-state index in [1.165, 1.54) is 0 Å². The van der Waals surface area contributed by atoms with E-state index >= 15 is 0 Å². The molecular formula is C13H18N2O3. The quantitative estimate of drug-likeness (QED) is 0.688. The fourth-order valence-electron chi connectivity index (χ4n) is 1.53. The van der Waals surface area contributed by atoms with Crippen molar-refractivity contribution in [3.63, 3.8) is 0 Å². The number of amides is 1. The van der Waals surface area contributed by atoms with Gasteiger partial charge in [0.15, 0.2) is 0 Å². The van der Waals surface area contributed by atoms with E-state index in [1.54, 1.807) is 26.1 Å². The highest BCUT2D eigenvalue weighted by atomic mass is 16.4. The fourth-order valence-corrected chi connectivity index (χ4v) is 1.53. The first-order valence-electron chi connectivity index (χ1n) is 5.77. The fraction of sp³-hybridized carbons (Fsp3) is 0.385. The lowest BCUT2D eigenvalue weighted by Gasteiger charge is -2.12. The third-order valence-corrected chi connectivity index (χ3v) is 2.63. The molecule has 0 aliphatic heterocycles. The van der Waals surface area contributed by atoms with Crippen LogP contribution in [0, 0.1) is 0 Å². The first-order valence-corrected chi connectivity index (χ1v) is 5.77. The van der Waals surface area contributed by atoms with Gasteiger partial charge in [-0.1, -0.05) is 24.3 Å². The van der Waals surface area contributed by atoms with Crippen molar-refractivity contribution in [1.29, 1.82) is 0 Å². The number of rotatable bonds is 6. The lowest BCUT2D eigenvalue weighted by Crippen LogP contribution is -2.40. The highest BCUT2D eigenvalue weighted by Crippen LogP contribution is 2.05. The molecule has 0 aliphatic rings. The molecule has 98 valence electrons. The van der Waals surface area contributed by atoms with Gasteiger partial charge >= 0.3 is 5.97 Å². The van der Waals surface area contributed by atoms with Crippen molar-refractivity contribution in [3.8, 4) is 0 Å². The van der Waals surface area contributed by atoms with E-state index in [2.05, 4.69) is 10.6 Å². The smallest absolute Gasteiger partial charge is 0.307 e. The predicted octanol–water partition coefficient (Wildman–Crippen LogP) is 0.538. The zero-order valence-corrected chi connectivity index (χ0v) is 10.6. The van der Waals surface area contributed by atoms with Gasteiger partial charge in [0.2, 0.25) is 5.91 Å². The van der Waals surface area contributed by atoms with Crippen LogP contribution in [0.15, 0.2) is 24.3 Å². The Morgan fingerprint density at radius 2 is 1.78 bits per heavy atom. The minimum Gasteiger partial charge on any atom is -0.481 e. The predicted molar refractivity (Wildman–Crippen MR) is 68.2 cm³/mol. The maximum Gasteiger partial charge on any atom is 0.307 e. The van der Waals surface area contributed by atoms with E-state index in [0.29, 0.717) is 6.54 Å². The van der Waals surface area contributed by atoms with Gasteiger partial charge in [-0.05, 0) is 18.1 Å². The molecule has 5 nitrogen and oxygen atoms in total. The number of carbonyl (C=O) groups is 2. The van der Waals surface area contributed by atoms with Crippen LogP contribution in [0.4, 0.5) is 0 Å². The summed E-state index contributed by atoms with van der Waals surface area (Å²) in [6.07, 6.45) is 0.0301. The maximum atomic E-state index is 11.3. The number of aliphatic carboxylic acids is 1. The topological polar surface area (TPSA) is 78.4 Å². The van der Waals surface area contributed by atoms with E-state index in [-0.39, 0.29) is 18.4 Å². The minimum absolute atomic E-state index is 0.0301. The van der Waals surface area contributed by atoms with E-state index in [9.17, 15) is 9.59 Å². The monoisotopic (exact) mass is 250 g/mol. The Hall–Kier alpha value is -1.88. The van der Waals surface area contributed by atoms with Crippen molar-refractivity contribution in [3.05, 3.63) is 35.4 Å². The minimum atomic E-state index is -0.839. The second-order valence-electron chi connectivity index (χ2n) is 4.10. The SMILES string of the molecule is CNC(=O)C(C)NCc1ccc(CC(=O)O)cc1. The van der Waals surface area contributed by atoms with Crippen LogP contribution in [-0.2, 0) is 22.6 Å². The third-order valence-electron chi connectivity index (χ3n) is 2.63. The van der Waals surface area contributed by atoms with Crippen molar-refractivity contribution in [1.82, 2.24) is 10.6 Å². The summed E-state index contributed by atoms with van der Waals surface area (Å²) >= 11 is 0. The number of carboxylic acid groups (broad SMARTS) is 1. The van der Waals surface area contributed by atoms with E-state index in [4.69, 9.17) is 5.11 Å². The molecule has 0 saturated heterocycles. The number of carboxylic acids is 1. The molecule has 0 radical (unpaired) electrons. The Morgan fingerprint density at radius 3 is 2.28 bits per heavy atom. The molecule has 1 unspecified atom stereocenters. The van der Waals surface area contributed by atoms with E-state index in [0.717, 1.165) is 11.1 Å². The van der Waals surface area contributed by atoms with Crippen LogP contribution >= 0.6 is 0 Å². The summed E-state index contributed by atoms with van der Waals surface area (Å²) in [5, 5.41) is 14.3. The van der Waals surface area contributed by atoms with Gasteiger partial charge in [-0.2, -0.15) is 0 Å². The number of carbonyl (C=O) groups excluding carboxylic acids is 1. The van der Waals surface area contributed by atoms with Crippen LogP contribution in [0.2, 0.25) is 0 Å². The number of likely N-dealkylation sites (N-methyl/N-ethyl adjacent to an activating group) is 1. The molecular weight excluding hydrogens is 232 g/mol. The van der Waals surface area contributed by atoms with Crippen LogP contribution in [0.3, 0.4) is 0 Å². The standard InChI is InChI=1S/C13H18N2O3/c1-9(13(18)14-2)15-8-11-5-3-10(4-6-11)7-12(16)17/h3-6,9,15H,7-8H2,1-2H3,(H,14,18)(H,16,17). The second kappa shape index (κ2) is 6.76. The lowest BCUT2D eigenvalue weighted by molar-refractivity contribution is -0.136. The summed E-state index contributed by atoms with van der Waals surface area (Å²) in [6, 6.07) is 7.04. The Balaban J connectivity index is 2.48. The summed E-state index contributed by atoms with van der Waals surface area (Å²) in [5.74, 6) is -0.897. The van der Waals surface area contributed by atoms with Crippen molar-refractivity contribution in [2.24, 2.45) is 0 Å². The van der Waals surface area contributed by atoms with Crippen molar-refractivity contribution in [2.75, 3.05) is 7.05 Å². The molecule has 1 rings (SSSR count). The molecule has 5 heteroatoms. The van der Waals surface area contributed by atoms with Crippen molar-refractivity contribution in [2.45, 2.75) is 25.9 Å². The maximum absolute atomic E-state index is 11.3. The van der Waals surface area contributed by atoms with E-state index in [1.807, 2.05) is 12.1 Å². The number of nitrogens with one attached hydrogen (secondary N) is 2. The average molecular weight is 250 g/mol. The number of hydrogen-bond donors (Lipinski definition) is 3. The highest BCUT2D eigenvalue weighted by molar-refractivity contribution is 5.80. The lowest BCUT2D eigenvalue weighted by atomic mass is 10.1. The molecule has 0 spiro atoms. The second-order valence-corrected chi connectivity index (χ2v) is 4.10. The Kier molecular flexibility index (Phi) is 5.32. The van der Waals surface area contributed by atoms with Crippen LogP contribution in [0.1, 0.15) is 18.1 Å². The van der Waals surface area contributed by atoms with Crippen LogP contribution in [0.5, 0.6) is 0 Å². The molecule has 1 atom stereocenters. The highest BCUT2D eigenvalue weighted by Gasteiger charge is 2.09. The molecule has 0 saturated carbocycles. The third kappa shape index (κ3) is 4.55. The molecule has 18 heavy (non-hydrogen) atoms.